The van der Waals surface area contributed by atoms with Gasteiger partial charge in [0, 0.05) is 11.6 Å². The zero-order valence-corrected chi connectivity index (χ0v) is 10.3. The third-order valence-electron chi connectivity index (χ3n) is 2.42. The molecular formula is C12H12ClNO3. The Morgan fingerprint density at radius 1 is 1.35 bits per heavy atom. The lowest BCUT2D eigenvalue weighted by molar-refractivity contribution is 0.393. The molecule has 4 nitrogen and oxygen atoms in total. The quantitative estimate of drug-likeness (QED) is 0.825. The van der Waals surface area contributed by atoms with Crippen LogP contribution in [0.25, 0.3) is 10.9 Å². The maximum Gasteiger partial charge on any atom is 0.422 e. The number of aromatic nitrogens is 1. The van der Waals surface area contributed by atoms with E-state index in [-0.39, 0.29) is 5.92 Å². The van der Waals surface area contributed by atoms with Gasteiger partial charge in [0.15, 0.2) is 0 Å². The van der Waals surface area contributed by atoms with Gasteiger partial charge < -0.3 is 4.42 Å². The average Bonchev–Trinajstić information content (AvgIpc) is 2.24. The maximum atomic E-state index is 11.6. The van der Waals surface area contributed by atoms with Crippen LogP contribution in [0.3, 0.4) is 0 Å². The third-order valence-corrected chi connectivity index (χ3v) is 2.65. The molecule has 90 valence electrons. The highest BCUT2D eigenvalue weighted by Gasteiger charge is 2.10. The predicted molar refractivity (Wildman–Crippen MR) is 66.6 cm³/mol. The highest BCUT2D eigenvalue weighted by atomic mass is 35.5. The van der Waals surface area contributed by atoms with Crippen molar-refractivity contribution < 1.29 is 4.42 Å². The Morgan fingerprint density at radius 2 is 2.06 bits per heavy atom. The van der Waals surface area contributed by atoms with Gasteiger partial charge in [0.25, 0.3) is 0 Å². The molecule has 1 aromatic heterocycles. The number of benzene rings is 1. The van der Waals surface area contributed by atoms with Crippen molar-refractivity contribution in [2.45, 2.75) is 20.4 Å². The molecule has 0 saturated heterocycles. The summed E-state index contributed by atoms with van der Waals surface area (Å²) in [6.45, 7) is 4.47. The normalized spacial score (nSPS) is 11.3. The van der Waals surface area contributed by atoms with Crippen LogP contribution < -0.4 is 11.4 Å². The highest BCUT2D eigenvalue weighted by Crippen LogP contribution is 2.16. The fraction of sp³-hybridized carbons (Fsp3) is 0.333. The predicted octanol–water partition coefficient (Wildman–Crippen LogP) is 2.26. The Hall–Kier alpha value is -1.55. The minimum atomic E-state index is -0.646. The molecule has 0 unspecified atom stereocenters. The molecule has 0 aliphatic rings. The second kappa shape index (κ2) is 4.37. The topological polar surface area (TPSA) is 52.2 Å². The molecule has 0 aliphatic heterocycles. The summed E-state index contributed by atoms with van der Waals surface area (Å²) in [7, 11) is 0. The number of rotatable bonds is 2. The van der Waals surface area contributed by atoms with E-state index in [1.807, 2.05) is 13.8 Å². The second-order valence-electron chi connectivity index (χ2n) is 4.32. The maximum absolute atomic E-state index is 11.6. The first-order valence-corrected chi connectivity index (χ1v) is 5.70. The first-order valence-electron chi connectivity index (χ1n) is 5.32. The molecule has 1 aromatic carbocycles. The molecule has 0 bridgehead atoms. The highest BCUT2D eigenvalue weighted by molar-refractivity contribution is 6.31. The van der Waals surface area contributed by atoms with E-state index in [4.69, 9.17) is 11.6 Å². The standard InChI is InChI=1S/C12H12ClNO3/c1-7(2)6-14-10-4-3-8(13)5-9(10)11(15)17-12(14)16/h3-5,7H,6H2,1-2H3. The number of nitrogens with zero attached hydrogens (tertiary/aromatic N) is 1. The Balaban J connectivity index is 2.83. The number of hydrogen-bond acceptors (Lipinski definition) is 3. The van der Waals surface area contributed by atoms with E-state index in [0.717, 1.165) is 0 Å². The van der Waals surface area contributed by atoms with E-state index in [1.54, 1.807) is 12.1 Å². The van der Waals surface area contributed by atoms with Crippen LogP contribution in [-0.4, -0.2) is 4.57 Å². The van der Waals surface area contributed by atoms with Gasteiger partial charge in [-0.05, 0) is 24.1 Å². The summed E-state index contributed by atoms with van der Waals surface area (Å²) < 4.78 is 6.13. The van der Waals surface area contributed by atoms with E-state index < -0.39 is 11.4 Å². The van der Waals surface area contributed by atoms with Gasteiger partial charge in [-0.1, -0.05) is 25.4 Å². The van der Waals surface area contributed by atoms with Crippen molar-refractivity contribution in [1.29, 1.82) is 0 Å². The van der Waals surface area contributed by atoms with Gasteiger partial charge in [-0.15, -0.1) is 0 Å². The van der Waals surface area contributed by atoms with Crippen LogP contribution in [0.5, 0.6) is 0 Å². The van der Waals surface area contributed by atoms with Crippen LogP contribution >= 0.6 is 11.6 Å². The molecule has 0 spiro atoms. The number of hydrogen-bond donors (Lipinski definition) is 0. The first kappa shape index (κ1) is 11.9. The Morgan fingerprint density at radius 3 is 2.71 bits per heavy atom. The zero-order valence-electron chi connectivity index (χ0n) is 9.57. The molecule has 1 heterocycles. The molecule has 2 aromatic rings. The summed E-state index contributed by atoms with van der Waals surface area (Å²) >= 11 is 5.82. The Kier molecular flexibility index (Phi) is 3.07. The average molecular weight is 254 g/mol. The molecular weight excluding hydrogens is 242 g/mol. The molecule has 0 N–H and O–H groups in total. The van der Waals surface area contributed by atoms with Gasteiger partial charge >= 0.3 is 11.4 Å². The minimum absolute atomic E-state index is 0.277. The molecule has 0 amide bonds. The fourth-order valence-corrected chi connectivity index (χ4v) is 1.90. The van der Waals surface area contributed by atoms with Crippen LogP contribution in [0.1, 0.15) is 13.8 Å². The summed E-state index contributed by atoms with van der Waals surface area (Å²) in [5.74, 6) is -0.349. The second-order valence-corrected chi connectivity index (χ2v) is 4.76. The van der Waals surface area contributed by atoms with Gasteiger partial charge in [-0.2, -0.15) is 0 Å². The molecule has 0 saturated carbocycles. The Labute approximate surface area is 102 Å². The summed E-state index contributed by atoms with van der Waals surface area (Å²) in [5.41, 5.74) is -0.0862. The Bertz CT molecular complexity index is 669. The van der Waals surface area contributed by atoms with Crippen LogP contribution in [0.15, 0.2) is 32.2 Å². The van der Waals surface area contributed by atoms with E-state index >= 15 is 0 Å². The van der Waals surface area contributed by atoms with Gasteiger partial charge in [-0.3, -0.25) is 4.57 Å². The summed E-state index contributed by atoms with van der Waals surface area (Å²) in [6, 6.07) is 4.83. The number of fused-ring (bicyclic) bond motifs is 1. The van der Waals surface area contributed by atoms with E-state index in [1.165, 1.54) is 10.6 Å². The molecule has 0 fully saturated rings. The van der Waals surface area contributed by atoms with Gasteiger partial charge in [-0.25, -0.2) is 9.59 Å². The van der Waals surface area contributed by atoms with Gasteiger partial charge in [0.2, 0.25) is 0 Å². The SMILES string of the molecule is CC(C)Cn1c(=O)oc(=O)c2cc(Cl)ccc21. The molecule has 2 rings (SSSR count). The van der Waals surface area contributed by atoms with Crippen molar-refractivity contribution in [1.82, 2.24) is 4.57 Å². The lowest BCUT2D eigenvalue weighted by atomic mass is 10.2. The lowest BCUT2D eigenvalue weighted by Crippen LogP contribution is -2.26. The largest absolute Gasteiger partial charge is 0.422 e. The van der Waals surface area contributed by atoms with Gasteiger partial charge in [0.05, 0.1) is 10.9 Å². The molecule has 0 radical (unpaired) electrons. The van der Waals surface area contributed by atoms with Crippen molar-refractivity contribution in [2.75, 3.05) is 0 Å². The minimum Gasteiger partial charge on any atom is -0.372 e. The van der Waals surface area contributed by atoms with E-state index in [9.17, 15) is 9.59 Å². The van der Waals surface area contributed by atoms with Crippen LogP contribution in [0.2, 0.25) is 5.02 Å². The van der Waals surface area contributed by atoms with Crippen molar-refractivity contribution in [2.24, 2.45) is 5.92 Å². The van der Waals surface area contributed by atoms with Crippen molar-refractivity contribution >= 4 is 22.5 Å². The van der Waals surface area contributed by atoms with Crippen LogP contribution in [0, 0.1) is 5.92 Å². The van der Waals surface area contributed by atoms with Crippen LogP contribution in [0.4, 0.5) is 0 Å². The van der Waals surface area contributed by atoms with Crippen molar-refractivity contribution in [3.63, 3.8) is 0 Å². The van der Waals surface area contributed by atoms with E-state index in [2.05, 4.69) is 4.42 Å². The summed E-state index contributed by atoms with van der Waals surface area (Å²) in [5, 5.41) is 0.775. The fourth-order valence-electron chi connectivity index (χ4n) is 1.73. The zero-order chi connectivity index (χ0) is 12.6. The monoisotopic (exact) mass is 253 g/mol. The molecule has 17 heavy (non-hydrogen) atoms. The summed E-state index contributed by atoms with van der Waals surface area (Å²) in [4.78, 5) is 23.2. The molecule has 5 heteroatoms. The van der Waals surface area contributed by atoms with Crippen LogP contribution in [-0.2, 0) is 6.54 Å². The summed E-state index contributed by atoms with van der Waals surface area (Å²) in [6.07, 6.45) is 0. The third kappa shape index (κ3) is 2.26. The molecule has 0 atom stereocenters. The number of halogens is 1. The lowest BCUT2D eigenvalue weighted by Gasteiger charge is -2.10. The van der Waals surface area contributed by atoms with Gasteiger partial charge in [0.1, 0.15) is 0 Å². The van der Waals surface area contributed by atoms with Crippen molar-refractivity contribution in [3.8, 4) is 0 Å². The smallest absolute Gasteiger partial charge is 0.372 e. The van der Waals surface area contributed by atoms with E-state index in [0.29, 0.717) is 22.5 Å². The first-order chi connectivity index (χ1) is 7.99. The molecule has 0 aliphatic carbocycles. The van der Waals surface area contributed by atoms with Crippen molar-refractivity contribution in [3.05, 3.63) is 44.2 Å².